The molecule has 0 aliphatic heterocycles. The van der Waals surface area contributed by atoms with Crippen LogP contribution in [0.4, 0.5) is 10.8 Å². The lowest BCUT2D eigenvalue weighted by Crippen LogP contribution is -2.16. The molecule has 1 N–H and O–H groups in total. The number of thiazole rings is 1. The molecule has 4 nitrogen and oxygen atoms in total. The van der Waals surface area contributed by atoms with Gasteiger partial charge in [0.15, 0.2) is 5.13 Å². The number of hydrogen-bond donors (Lipinski definition) is 1. The van der Waals surface area contributed by atoms with Gasteiger partial charge in [0.05, 0.1) is 12.1 Å². The van der Waals surface area contributed by atoms with E-state index in [0.717, 1.165) is 21.4 Å². The van der Waals surface area contributed by atoms with Crippen molar-refractivity contribution in [1.29, 1.82) is 0 Å². The number of rotatable bonds is 6. The molecule has 0 unspecified atom stereocenters. The largest absolute Gasteiger partial charge is 0.481 e. The summed E-state index contributed by atoms with van der Waals surface area (Å²) in [4.78, 5) is 18.2. The number of para-hydroxylation sites is 1. The zero-order chi connectivity index (χ0) is 14.5. The molecule has 2 aromatic rings. The Hall–Kier alpha value is -2.14. The summed E-state index contributed by atoms with van der Waals surface area (Å²) in [6.07, 6.45) is 1.82. The lowest BCUT2D eigenvalue weighted by molar-refractivity contribution is -0.136. The molecule has 0 aliphatic rings. The third kappa shape index (κ3) is 3.24. The van der Waals surface area contributed by atoms with E-state index in [2.05, 4.69) is 11.6 Å². The van der Waals surface area contributed by atoms with E-state index in [1.54, 1.807) is 6.08 Å². The van der Waals surface area contributed by atoms with Crippen LogP contribution in [0.3, 0.4) is 0 Å². The van der Waals surface area contributed by atoms with Crippen LogP contribution in [0.2, 0.25) is 0 Å². The van der Waals surface area contributed by atoms with Crippen LogP contribution < -0.4 is 4.90 Å². The van der Waals surface area contributed by atoms with E-state index < -0.39 is 5.97 Å². The monoisotopic (exact) mass is 288 g/mol. The van der Waals surface area contributed by atoms with Crippen molar-refractivity contribution in [2.75, 3.05) is 11.4 Å². The van der Waals surface area contributed by atoms with Gasteiger partial charge in [-0.1, -0.05) is 24.3 Å². The third-order valence-corrected chi connectivity index (χ3v) is 3.98. The van der Waals surface area contributed by atoms with Crippen LogP contribution >= 0.6 is 11.3 Å². The molecule has 0 spiro atoms. The molecule has 0 saturated heterocycles. The predicted octanol–water partition coefficient (Wildman–Crippen LogP) is 3.40. The summed E-state index contributed by atoms with van der Waals surface area (Å²) in [5.74, 6) is -0.835. The van der Waals surface area contributed by atoms with Gasteiger partial charge >= 0.3 is 5.97 Å². The van der Waals surface area contributed by atoms with Crippen molar-refractivity contribution in [2.24, 2.45) is 0 Å². The van der Waals surface area contributed by atoms with Crippen LogP contribution in [0.25, 0.3) is 0 Å². The number of carboxylic acids is 1. The van der Waals surface area contributed by atoms with Gasteiger partial charge in [-0.25, -0.2) is 4.98 Å². The highest BCUT2D eigenvalue weighted by Crippen LogP contribution is 2.31. The van der Waals surface area contributed by atoms with Gasteiger partial charge in [-0.15, -0.1) is 17.9 Å². The molecule has 2 rings (SSSR count). The van der Waals surface area contributed by atoms with Crippen molar-refractivity contribution >= 4 is 28.1 Å². The molecule has 20 heavy (non-hydrogen) atoms. The van der Waals surface area contributed by atoms with Crippen LogP contribution in [-0.2, 0) is 11.2 Å². The first-order valence-corrected chi connectivity index (χ1v) is 7.05. The van der Waals surface area contributed by atoms with E-state index in [9.17, 15) is 4.79 Å². The number of aliphatic carboxylic acids is 1. The van der Waals surface area contributed by atoms with Gasteiger partial charge in [0.1, 0.15) is 0 Å². The fourth-order valence-corrected chi connectivity index (χ4v) is 2.94. The fraction of sp³-hybridized carbons (Fsp3) is 0.200. The van der Waals surface area contributed by atoms with Crippen molar-refractivity contribution in [1.82, 2.24) is 4.98 Å². The van der Waals surface area contributed by atoms with E-state index in [-0.39, 0.29) is 6.42 Å². The number of aromatic nitrogens is 1. The molecule has 0 amide bonds. The highest BCUT2D eigenvalue weighted by Gasteiger charge is 2.16. The van der Waals surface area contributed by atoms with E-state index in [0.29, 0.717) is 6.54 Å². The van der Waals surface area contributed by atoms with Crippen molar-refractivity contribution in [2.45, 2.75) is 13.3 Å². The molecular weight excluding hydrogens is 272 g/mol. The maximum Gasteiger partial charge on any atom is 0.308 e. The average molecular weight is 288 g/mol. The number of hydrogen-bond acceptors (Lipinski definition) is 4. The number of carbonyl (C=O) groups is 1. The molecule has 0 saturated carbocycles. The second-order valence-electron chi connectivity index (χ2n) is 4.31. The van der Waals surface area contributed by atoms with E-state index in [1.807, 2.05) is 42.2 Å². The van der Waals surface area contributed by atoms with Gasteiger partial charge in [0.25, 0.3) is 0 Å². The summed E-state index contributed by atoms with van der Waals surface area (Å²) in [5.41, 5.74) is 1.79. The van der Waals surface area contributed by atoms with Crippen LogP contribution in [0.5, 0.6) is 0 Å². The van der Waals surface area contributed by atoms with Gasteiger partial charge in [0, 0.05) is 17.1 Å². The molecule has 1 aromatic heterocycles. The Morgan fingerprint density at radius 1 is 1.45 bits per heavy atom. The van der Waals surface area contributed by atoms with Crippen LogP contribution in [0.15, 0.2) is 43.0 Å². The molecule has 1 heterocycles. The molecule has 0 aliphatic carbocycles. The Labute approximate surface area is 122 Å². The van der Waals surface area contributed by atoms with E-state index in [1.165, 1.54) is 11.3 Å². The number of anilines is 2. The lowest BCUT2D eigenvalue weighted by atomic mass is 10.3. The van der Waals surface area contributed by atoms with E-state index in [4.69, 9.17) is 5.11 Å². The molecular formula is C15H16N2O2S. The topological polar surface area (TPSA) is 53.4 Å². The summed E-state index contributed by atoms with van der Waals surface area (Å²) in [7, 11) is 0. The van der Waals surface area contributed by atoms with Crippen molar-refractivity contribution < 1.29 is 9.90 Å². The number of aryl methyl sites for hydroxylation is 1. The van der Waals surface area contributed by atoms with Gasteiger partial charge in [-0.3, -0.25) is 4.79 Å². The zero-order valence-electron chi connectivity index (χ0n) is 11.2. The number of benzene rings is 1. The smallest absolute Gasteiger partial charge is 0.308 e. The van der Waals surface area contributed by atoms with Gasteiger partial charge in [-0.2, -0.15) is 0 Å². The Bertz CT molecular complexity index is 608. The van der Waals surface area contributed by atoms with Gasteiger partial charge in [-0.05, 0) is 19.1 Å². The highest BCUT2D eigenvalue weighted by molar-refractivity contribution is 7.15. The van der Waals surface area contributed by atoms with Crippen molar-refractivity contribution in [3.05, 3.63) is 53.6 Å². The number of carboxylic acid groups (broad SMARTS) is 1. The second kappa shape index (κ2) is 6.34. The molecule has 1 aromatic carbocycles. The van der Waals surface area contributed by atoms with Gasteiger partial charge in [0.2, 0.25) is 0 Å². The molecule has 0 fully saturated rings. The summed E-state index contributed by atoms with van der Waals surface area (Å²) >= 11 is 1.42. The molecule has 104 valence electrons. The Kier molecular flexibility index (Phi) is 4.53. The molecule has 0 atom stereocenters. The maximum absolute atomic E-state index is 10.8. The minimum absolute atomic E-state index is 0.0141. The highest BCUT2D eigenvalue weighted by atomic mass is 32.1. The van der Waals surface area contributed by atoms with Crippen LogP contribution in [0.1, 0.15) is 10.6 Å². The van der Waals surface area contributed by atoms with Crippen molar-refractivity contribution in [3.8, 4) is 0 Å². The zero-order valence-corrected chi connectivity index (χ0v) is 12.1. The first-order valence-electron chi connectivity index (χ1n) is 6.23. The summed E-state index contributed by atoms with van der Waals surface area (Å²) in [6.45, 7) is 6.24. The minimum Gasteiger partial charge on any atom is -0.481 e. The average Bonchev–Trinajstić information content (AvgIpc) is 2.77. The Balaban J connectivity index is 2.35. The number of nitrogens with zero attached hydrogens (tertiary/aromatic N) is 2. The Morgan fingerprint density at radius 3 is 2.75 bits per heavy atom. The quantitative estimate of drug-likeness (QED) is 0.828. The molecule has 0 radical (unpaired) electrons. The first kappa shape index (κ1) is 14.3. The summed E-state index contributed by atoms with van der Waals surface area (Å²) < 4.78 is 0. The maximum atomic E-state index is 10.8. The standard InChI is InChI=1S/C15H16N2O2S/c1-3-9-17(12-7-5-4-6-8-12)15-16-11(2)13(20-15)10-14(18)19/h3-8H,1,9-10H2,2H3,(H,18,19). The third-order valence-electron chi connectivity index (χ3n) is 2.80. The van der Waals surface area contributed by atoms with Crippen molar-refractivity contribution in [3.63, 3.8) is 0 Å². The van der Waals surface area contributed by atoms with Crippen LogP contribution in [-0.4, -0.2) is 22.6 Å². The van der Waals surface area contributed by atoms with Gasteiger partial charge < -0.3 is 10.0 Å². The second-order valence-corrected chi connectivity index (χ2v) is 5.37. The Morgan fingerprint density at radius 2 is 2.15 bits per heavy atom. The fourth-order valence-electron chi connectivity index (χ4n) is 1.86. The predicted molar refractivity (Wildman–Crippen MR) is 81.8 cm³/mol. The SMILES string of the molecule is C=CCN(c1ccccc1)c1nc(C)c(CC(=O)O)s1. The summed E-state index contributed by atoms with van der Waals surface area (Å²) in [5, 5.41) is 9.70. The normalized spacial score (nSPS) is 10.2. The summed E-state index contributed by atoms with van der Waals surface area (Å²) in [6, 6.07) is 9.88. The van der Waals surface area contributed by atoms with Crippen LogP contribution in [0, 0.1) is 6.92 Å². The molecule has 0 bridgehead atoms. The first-order chi connectivity index (χ1) is 9.61. The minimum atomic E-state index is -0.835. The lowest BCUT2D eigenvalue weighted by Gasteiger charge is -2.19. The van der Waals surface area contributed by atoms with E-state index >= 15 is 0 Å². The molecule has 5 heteroatoms.